The molecule has 3 aromatic rings. The summed E-state index contributed by atoms with van der Waals surface area (Å²) in [6, 6.07) is 10.5. The first kappa shape index (κ1) is 25.0. The van der Waals surface area contributed by atoms with Crippen molar-refractivity contribution < 1.29 is 28.3 Å². The van der Waals surface area contributed by atoms with E-state index in [0.29, 0.717) is 22.7 Å². The Morgan fingerprint density at radius 3 is 2.72 bits per heavy atom. The molecule has 0 aliphatic carbocycles. The average molecular weight is 492 g/mol. The second-order valence-electron chi connectivity index (χ2n) is 8.82. The molecular formula is C27H29N3O6. The molecule has 188 valence electrons. The van der Waals surface area contributed by atoms with E-state index >= 15 is 0 Å². The van der Waals surface area contributed by atoms with Crippen LogP contribution in [-0.2, 0) is 11.3 Å². The lowest BCUT2D eigenvalue weighted by molar-refractivity contribution is -0.121. The summed E-state index contributed by atoms with van der Waals surface area (Å²) in [5.41, 5.74) is 3.15. The number of benzene rings is 2. The monoisotopic (exact) mass is 491 g/mol. The van der Waals surface area contributed by atoms with Crippen molar-refractivity contribution in [1.82, 2.24) is 10.3 Å². The number of ether oxygens (including phenoxy) is 2. The number of fused-ring (bicyclic) bond motifs is 1. The zero-order valence-corrected chi connectivity index (χ0v) is 20.8. The zero-order chi connectivity index (χ0) is 25.8. The molecule has 9 heteroatoms. The van der Waals surface area contributed by atoms with E-state index < -0.39 is 0 Å². The molecule has 2 aromatic carbocycles. The van der Waals surface area contributed by atoms with Crippen LogP contribution in [-0.4, -0.2) is 41.8 Å². The van der Waals surface area contributed by atoms with Crippen LogP contribution in [0.25, 0.3) is 0 Å². The molecule has 4 rings (SSSR count). The summed E-state index contributed by atoms with van der Waals surface area (Å²) in [6.45, 7) is 7.54. The summed E-state index contributed by atoms with van der Waals surface area (Å²) in [4.78, 5) is 43.5. The van der Waals surface area contributed by atoms with Gasteiger partial charge < -0.3 is 19.2 Å². The molecule has 1 aromatic heterocycles. The molecule has 1 aliphatic rings. The fraction of sp³-hybridized carbons (Fsp3) is 0.333. The lowest BCUT2D eigenvalue weighted by atomic mass is 10.1. The molecule has 9 nitrogen and oxygen atoms in total. The number of Topliss-reactive ketones (excluding diaryl/α,β-unsaturated/α-hetero) is 1. The second kappa shape index (κ2) is 10.6. The number of nitrogens with zero attached hydrogens (tertiary/aromatic N) is 2. The van der Waals surface area contributed by atoms with Crippen molar-refractivity contribution >= 4 is 23.3 Å². The first-order chi connectivity index (χ1) is 17.2. The predicted octanol–water partition coefficient (Wildman–Crippen LogP) is 4.01. The lowest BCUT2D eigenvalue weighted by Gasteiger charge is -2.28. The van der Waals surface area contributed by atoms with Crippen LogP contribution in [0.5, 0.6) is 11.5 Å². The third-order valence-electron chi connectivity index (χ3n) is 6.14. The first-order valence-electron chi connectivity index (χ1n) is 11.8. The van der Waals surface area contributed by atoms with E-state index in [1.807, 2.05) is 45.9 Å². The maximum absolute atomic E-state index is 12.8. The van der Waals surface area contributed by atoms with E-state index in [2.05, 4.69) is 10.3 Å². The first-order valence-corrected chi connectivity index (χ1v) is 11.8. The van der Waals surface area contributed by atoms with Gasteiger partial charge in [-0.25, -0.2) is 4.98 Å². The number of carbonyl (C=O) groups is 3. The van der Waals surface area contributed by atoms with Crippen LogP contribution in [0.3, 0.4) is 0 Å². The quantitative estimate of drug-likeness (QED) is 0.450. The highest BCUT2D eigenvalue weighted by atomic mass is 16.5. The van der Waals surface area contributed by atoms with Crippen LogP contribution in [0, 0.1) is 13.8 Å². The van der Waals surface area contributed by atoms with Crippen molar-refractivity contribution in [3.8, 4) is 11.5 Å². The van der Waals surface area contributed by atoms with E-state index in [-0.39, 0.29) is 55.0 Å². The molecule has 1 atom stereocenters. The van der Waals surface area contributed by atoms with Gasteiger partial charge in [0.1, 0.15) is 24.3 Å². The topological polar surface area (TPSA) is 111 Å². The van der Waals surface area contributed by atoms with E-state index in [4.69, 9.17) is 13.9 Å². The number of aryl methyl sites for hydroxylation is 2. The fourth-order valence-electron chi connectivity index (χ4n) is 3.61. The van der Waals surface area contributed by atoms with E-state index in [1.54, 1.807) is 18.2 Å². The number of aromatic nitrogens is 1. The summed E-state index contributed by atoms with van der Waals surface area (Å²) in [6.07, 6.45) is 2.05. The molecule has 0 spiro atoms. The van der Waals surface area contributed by atoms with Crippen molar-refractivity contribution in [3.63, 3.8) is 0 Å². The number of anilines is 1. The summed E-state index contributed by atoms with van der Waals surface area (Å²) >= 11 is 0. The number of amides is 2. The largest absolute Gasteiger partial charge is 0.485 e. The highest BCUT2D eigenvalue weighted by molar-refractivity contribution is 6.02. The molecule has 1 aliphatic heterocycles. The fourth-order valence-corrected chi connectivity index (χ4v) is 3.61. The van der Waals surface area contributed by atoms with Crippen molar-refractivity contribution in [2.45, 2.75) is 46.7 Å². The molecule has 2 heterocycles. The number of ketones is 1. The van der Waals surface area contributed by atoms with Gasteiger partial charge in [-0.1, -0.05) is 13.0 Å². The Kier molecular flexibility index (Phi) is 7.38. The van der Waals surface area contributed by atoms with Crippen molar-refractivity contribution in [3.05, 3.63) is 70.9 Å². The van der Waals surface area contributed by atoms with Crippen LogP contribution >= 0.6 is 0 Å². The number of hydrogen-bond acceptors (Lipinski definition) is 7. The van der Waals surface area contributed by atoms with Gasteiger partial charge in [0.05, 0.1) is 5.69 Å². The molecule has 0 saturated carbocycles. The number of nitrogens with one attached hydrogen (secondary N) is 1. The Bertz CT molecular complexity index is 1300. The normalized spacial score (nSPS) is 13.6. The Hall–Kier alpha value is -4.14. The van der Waals surface area contributed by atoms with E-state index in [0.717, 1.165) is 17.5 Å². The van der Waals surface area contributed by atoms with Crippen LogP contribution in [0.15, 0.2) is 47.1 Å². The lowest BCUT2D eigenvalue weighted by Crippen LogP contribution is -2.38. The SMILES string of the molecule is CCC(C)NC(=O)c1coc(CN2C(=O)COc3ccc(C(=O)COc4ccc(C)c(C)c4)cc32)n1. The molecule has 36 heavy (non-hydrogen) atoms. The third-order valence-corrected chi connectivity index (χ3v) is 6.14. The maximum Gasteiger partial charge on any atom is 0.273 e. The van der Waals surface area contributed by atoms with Gasteiger partial charge in [-0.2, -0.15) is 0 Å². The standard InChI is InChI=1S/C27H29N3O6/c1-5-18(4)28-27(33)21-13-36-25(29-21)12-30-22-11-19(7-9-24(22)35-15-26(30)32)23(31)14-34-20-8-6-16(2)17(3)10-20/h6-11,13,18H,5,12,14-15H2,1-4H3,(H,28,33). The molecule has 1 unspecified atom stereocenters. The van der Waals surface area contributed by atoms with Crippen LogP contribution < -0.4 is 19.7 Å². The molecular weight excluding hydrogens is 462 g/mol. The van der Waals surface area contributed by atoms with Crippen LogP contribution in [0.2, 0.25) is 0 Å². The summed E-state index contributed by atoms with van der Waals surface area (Å²) in [5, 5.41) is 2.83. The van der Waals surface area contributed by atoms with E-state index in [9.17, 15) is 14.4 Å². The van der Waals surface area contributed by atoms with E-state index in [1.165, 1.54) is 11.2 Å². The minimum atomic E-state index is -0.343. The predicted molar refractivity (Wildman–Crippen MR) is 133 cm³/mol. The van der Waals surface area contributed by atoms with Gasteiger partial charge in [0.25, 0.3) is 11.8 Å². The molecule has 0 saturated heterocycles. The highest BCUT2D eigenvalue weighted by Crippen LogP contribution is 2.34. The zero-order valence-electron chi connectivity index (χ0n) is 20.8. The highest BCUT2D eigenvalue weighted by Gasteiger charge is 2.28. The van der Waals surface area contributed by atoms with Gasteiger partial charge in [0.2, 0.25) is 5.89 Å². The Balaban J connectivity index is 1.49. The van der Waals surface area contributed by atoms with Crippen molar-refractivity contribution in [2.75, 3.05) is 18.1 Å². The maximum atomic E-state index is 12.8. The van der Waals surface area contributed by atoms with Gasteiger partial charge >= 0.3 is 0 Å². The smallest absolute Gasteiger partial charge is 0.273 e. The van der Waals surface area contributed by atoms with Gasteiger partial charge in [0, 0.05) is 11.6 Å². The Labute approximate surface area is 209 Å². The van der Waals surface area contributed by atoms with Crippen LogP contribution in [0.4, 0.5) is 5.69 Å². The van der Waals surface area contributed by atoms with Gasteiger partial charge in [-0.05, 0) is 68.7 Å². The van der Waals surface area contributed by atoms with Gasteiger partial charge in [-0.3, -0.25) is 19.3 Å². The molecule has 0 radical (unpaired) electrons. The van der Waals surface area contributed by atoms with Gasteiger partial charge in [0.15, 0.2) is 24.7 Å². The van der Waals surface area contributed by atoms with Crippen molar-refractivity contribution in [1.29, 1.82) is 0 Å². The second-order valence-corrected chi connectivity index (χ2v) is 8.82. The summed E-state index contributed by atoms with van der Waals surface area (Å²) in [5.74, 6) is 0.366. The Morgan fingerprint density at radius 1 is 1.17 bits per heavy atom. The number of carbonyl (C=O) groups excluding carboxylic acids is 3. The Morgan fingerprint density at radius 2 is 1.97 bits per heavy atom. The minimum absolute atomic E-state index is 0.000293. The number of hydrogen-bond donors (Lipinski definition) is 1. The molecule has 1 N–H and O–H groups in total. The summed E-state index contributed by atoms with van der Waals surface area (Å²) in [7, 11) is 0. The molecule has 0 fully saturated rings. The summed E-state index contributed by atoms with van der Waals surface area (Å²) < 4.78 is 16.7. The van der Waals surface area contributed by atoms with Gasteiger partial charge in [-0.15, -0.1) is 0 Å². The number of rotatable bonds is 9. The van der Waals surface area contributed by atoms with Crippen molar-refractivity contribution in [2.24, 2.45) is 0 Å². The molecule has 0 bridgehead atoms. The molecule has 2 amide bonds. The van der Waals surface area contributed by atoms with Crippen LogP contribution in [0.1, 0.15) is 58.1 Å². The number of oxazole rings is 1. The third kappa shape index (κ3) is 5.56. The minimum Gasteiger partial charge on any atom is -0.485 e. The average Bonchev–Trinajstić information content (AvgIpc) is 3.34.